The predicted molar refractivity (Wildman–Crippen MR) is 106 cm³/mol. The fraction of sp³-hybridized carbons (Fsp3) is 0.238. The molecule has 0 saturated heterocycles. The summed E-state index contributed by atoms with van der Waals surface area (Å²) in [6.45, 7) is 1.48. The van der Waals surface area contributed by atoms with Gasteiger partial charge in [-0.15, -0.1) is 0 Å². The van der Waals surface area contributed by atoms with Crippen molar-refractivity contribution in [3.8, 4) is 0 Å². The van der Waals surface area contributed by atoms with Crippen LogP contribution in [0.15, 0.2) is 48.8 Å². The molecule has 2 aromatic heterocycles. The molecule has 0 atom stereocenters. The second kappa shape index (κ2) is 7.75. The van der Waals surface area contributed by atoms with Crippen LogP contribution in [0.4, 0.5) is 5.69 Å². The van der Waals surface area contributed by atoms with Crippen molar-refractivity contribution in [2.24, 2.45) is 0 Å². The maximum atomic E-state index is 12.2. The topological polar surface area (TPSA) is 102 Å². The molecular formula is C21H20N4O4. The number of aromatic nitrogens is 2. The normalized spacial score (nSPS) is 13.1. The molecule has 1 aromatic carbocycles. The first-order valence-electron chi connectivity index (χ1n) is 9.31. The molecule has 29 heavy (non-hydrogen) atoms. The average Bonchev–Trinajstić information content (AvgIpc) is 3.41. The van der Waals surface area contributed by atoms with Crippen LogP contribution in [0.5, 0.6) is 0 Å². The van der Waals surface area contributed by atoms with E-state index in [1.807, 2.05) is 19.1 Å². The lowest BCUT2D eigenvalue weighted by Crippen LogP contribution is -2.25. The third-order valence-electron chi connectivity index (χ3n) is 4.48. The van der Waals surface area contributed by atoms with Gasteiger partial charge in [0.2, 0.25) is 0 Å². The predicted octanol–water partition coefficient (Wildman–Crippen LogP) is 2.33. The van der Waals surface area contributed by atoms with E-state index in [0.29, 0.717) is 16.9 Å². The van der Waals surface area contributed by atoms with Gasteiger partial charge >= 0.3 is 5.97 Å². The second-order valence-electron chi connectivity index (χ2n) is 7.05. The minimum Gasteiger partial charge on any atom is -0.451 e. The summed E-state index contributed by atoms with van der Waals surface area (Å²) >= 11 is 0. The first kappa shape index (κ1) is 18.7. The zero-order valence-corrected chi connectivity index (χ0v) is 15.8. The third-order valence-corrected chi connectivity index (χ3v) is 4.48. The van der Waals surface area contributed by atoms with Crippen LogP contribution in [0.25, 0.3) is 5.65 Å². The number of amides is 2. The number of esters is 1. The number of aryl methyl sites for hydroxylation is 1. The Morgan fingerprint density at radius 3 is 2.83 bits per heavy atom. The van der Waals surface area contributed by atoms with E-state index in [2.05, 4.69) is 15.6 Å². The number of fused-ring (bicyclic) bond motifs is 1. The number of pyridine rings is 1. The number of carbonyl (C=O) groups excluding carboxylic acids is 3. The van der Waals surface area contributed by atoms with Gasteiger partial charge in [0.1, 0.15) is 5.65 Å². The zero-order valence-electron chi connectivity index (χ0n) is 15.8. The van der Waals surface area contributed by atoms with Crippen LogP contribution in [-0.4, -0.2) is 39.8 Å². The van der Waals surface area contributed by atoms with Gasteiger partial charge in [-0.05, 0) is 55.7 Å². The van der Waals surface area contributed by atoms with Gasteiger partial charge in [-0.3, -0.25) is 9.59 Å². The number of benzene rings is 1. The summed E-state index contributed by atoms with van der Waals surface area (Å²) in [5.74, 6) is -1.35. The van der Waals surface area contributed by atoms with E-state index in [4.69, 9.17) is 4.74 Å². The van der Waals surface area contributed by atoms with Gasteiger partial charge in [0.25, 0.3) is 11.8 Å². The monoisotopic (exact) mass is 392 g/mol. The minimum absolute atomic E-state index is 0.127. The molecule has 0 unspecified atom stereocenters. The molecule has 2 amide bonds. The van der Waals surface area contributed by atoms with Gasteiger partial charge in [0, 0.05) is 29.7 Å². The molecule has 1 saturated carbocycles. The van der Waals surface area contributed by atoms with Gasteiger partial charge in [0.05, 0.1) is 0 Å². The highest BCUT2D eigenvalue weighted by molar-refractivity contribution is 5.98. The van der Waals surface area contributed by atoms with E-state index in [1.165, 1.54) is 0 Å². The number of hydrogen-bond donors (Lipinski definition) is 2. The molecule has 1 aliphatic carbocycles. The summed E-state index contributed by atoms with van der Waals surface area (Å²) in [6.07, 6.45) is 5.35. The molecule has 2 heterocycles. The highest BCUT2D eigenvalue weighted by atomic mass is 16.5. The number of ether oxygens (including phenoxy) is 1. The maximum absolute atomic E-state index is 12.2. The van der Waals surface area contributed by atoms with E-state index in [9.17, 15) is 14.4 Å². The zero-order chi connectivity index (χ0) is 20.4. The largest absolute Gasteiger partial charge is 0.451 e. The van der Waals surface area contributed by atoms with Crippen LogP contribution in [0, 0.1) is 6.92 Å². The molecule has 3 aromatic rings. The van der Waals surface area contributed by atoms with Crippen molar-refractivity contribution in [1.29, 1.82) is 0 Å². The number of hydrogen-bond acceptors (Lipinski definition) is 5. The lowest BCUT2D eigenvalue weighted by molar-refractivity contribution is -0.119. The third kappa shape index (κ3) is 4.60. The SMILES string of the molecule is Cc1ccn2cc(C(=O)OCC(=O)Nc3cccc(C(=O)NC4CC4)c3)nc2c1. The molecule has 1 fully saturated rings. The van der Waals surface area contributed by atoms with E-state index in [-0.39, 0.29) is 17.6 Å². The molecular weight excluding hydrogens is 372 g/mol. The molecule has 1 aliphatic rings. The van der Waals surface area contributed by atoms with Crippen molar-refractivity contribution in [2.45, 2.75) is 25.8 Å². The lowest BCUT2D eigenvalue weighted by atomic mass is 10.2. The highest BCUT2D eigenvalue weighted by Gasteiger charge is 2.23. The number of imidazole rings is 1. The van der Waals surface area contributed by atoms with Crippen LogP contribution < -0.4 is 10.6 Å². The van der Waals surface area contributed by atoms with Crippen LogP contribution in [0.1, 0.15) is 39.3 Å². The van der Waals surface area contributed by atoms with E-state index >= 15 is 0 Å². The van der Waals surface area contributed by atoms with Gasteiger partial charge in [-0.25, -0.2) is 9.78 Å². The molecule has 8 nitrogen and oxygen atoms in total. The van der Waals surface area contributed by atoms with E-state index < -0.39 is 18.5 Å². The molecule has 148 valence electrons. The van der Waals surface area contributed by atoms with Gasteiger partial charge in [-0.2, -0.15) is 0 Å². The molecule has 0 radical (unpaired) electrons. The number of rotatable bonds is 6. The molecule has 8 heteroatoms. The van der Waals surface area contributed by atoms with Crippen LogP contribution in [0.2, 0.25) is 0 Å². The van der Waals surface area contributed by atoms with Crippen LogP contribution >= 0.6 is 0 Å². The van der Waals surface area contributed by atoms with Gasteiger partial charge < -0.3 is 19.8 Å². The van der Waals surface area contributed by atoms with Crippen molar-refractivity contribution in [2.75, 3.05) is 11.9 Å². The number of nitrogens with zero attached hydrogens (tertiary/aromatic N) is 2. The van der Waals surface area contributed by atoms with Gasteiger partial charge in [-0.1, -0.05) is 6.07 Å². The Kier molecular flexibility index (Phi) is 4.99. The fourth-order valence-corrected chi connectivity index (χ4v) is 2.82. The number of carbonyl (C=O) groups is 3. The van der Waals surface area contributed by atoms with Crippen molar-refractivity contribution in [3.05, 3.63) is 65.6 Å². The summed E-state index contributed by atoms with van der Waals surface area (Å²) in [6, 6.07) is 10.6. The molecule has 0 spiro atoms. The summed E-state index contributed by atoms with van der Waals surface area (Å²) in [5.41, 5.74) is 2.70. The van der Waals surface area contributed by atoms with Crippen LogP contribution in [0.3, 0.4) is 0 Å². The standard InChI is InChI=1S/C21H20N4O4/c1-13-7-8-25-11-17(24-18(25)9-13)21(28)29-12-19(26)22-16-4-2-3-14(10-16)20(27)23-15-5-6-15/h2-4,7-11,15H,5-6,12H2,1H3,(H,22,26)(H,23,27). The lowest BCUT2D eigenvalue weighted by Gasteiger charge is -2.08. The Morgan fingerprint density at radius 2 is 2.03 bits per heavy atom. The molecule has 4 rings (SSSR count). The first-order chi connectivity index (χ1) is 14.0. The van der Waals surface area contributed by atoms with Crippen molar-refractivity contribution in [1.82, 2.24) is 14.7 Å². The molecule has 2 N–H and O–H groups in total. The van der Waals surface area contributed by atoms with E-state index in [0.717, 1.165) is 18.4 Å². The minimum atomic E-state index is -0.681. The van der Waals surface area contributed by atoms with Crippen LogP contribution in [-0.2, 0) is 9.53 Å². The summed E-state index contributed by atoms with van der Waals surface area (Å²) in [4.78, 5) is 40.6. The van der Waals surface area contributed by atoms with Gasteiger partial charge in [0.15, 0.2) is 12.3 Å². The van der Waals surface area contributed by atoms with Crippen molar-refractivity contribution >= 4 is 29.1 Å². The number of anilines is 1. The summed E-state index contributed by atoms with van der Waals surface area (Å²) in [5, 5.41) is 5.52. The Balaban J connectivity index is 1.33. The quantitative estimate of drug-likeness (QED) is 0.627. The summed E-state index contributed by atoms with van der Waals surface area (Å²) < 4.78 is 6.76. The molecule has 0 aliphatic heterocycles. The van der Waals surface area contributed by atoms with Crippen molar-refractivity contribution in [3.63, 3.8) is 0 Å². The highest BCUT2D eigenvalue weighted by Crippen LogP contribution is 2.20. The molecule has 0 bridgehead atoms. The second-order valence-corrected chi connectivity index (χ2v) is 7.05. The average molecular weight is 392 g/mol. The maximum Gasteiger partial charge on any atom is 0.359 e. The fourth-order valence-electron chi connectivity index (χ4n) is 2.82. The Labute approximate surface area is 166 Å². The summed E-state index contributed by atoms with van der Waals surface area (Å²) in [7, 11) is 0. The first-order valence-corrected chi connectivity index (χ1v) is 9.31. The van der Waals surface area contributed by atoms with E-state index in [1.54, 1.807) is 41.1 Å². The Bertz CT molecular complexity index is 1100. The number of nitrogens with one attached hydrogen (secondary N) is 2. The smallest absolute Gasteiger partial charge is 0.359 e. The van der Waals surface area contributed by atoms with Crippen molar-refractivity contribution < 1.29 is 19.1 Å². The Morgan fingerprint density at radius 1 is 1.21 bits per heavy atom. The Hall–Kier alpha value is -3.68.